The van der Waals surface area contributed by atoms with Crippen LogP contribution in [0.5, 0.6) is 5.75 Å². The van der Waals surface area contributed by atoms with E-state index in [1.165, 1.54) is 87.6 Å². The Kier molecular flexibility index (Phi) is 7.17. The molecule has 1 aliphatic heterocycles. The summed E-state index contributed by atoms with van der Waals surface area (Å²) in [7, 11) is 0. The van der Waals surface area contributed by atoms with Crippen LogP contribution in [0, 0.1) is 0 Å². The highest BCUT2D eigenvalue weighted by molar-refractivity contribution is 6.15. The molecule has 13 rings (SSSR count). The summed E-state index contributed by atoms with van der Waals surface area (Å²) in [5, 5.41) is 12.3. The molecule has 0 fully saturated rings. The Morgan fingerprint density at radius 2 is 0.917 bits per heavy atom. The van der Waals surface area contributed by atoms with Crippen molar-refractivity contribution in [3.63, 3.8) is 0 Å². The Balaban J connectivity index is 0.854. The average Bonchev–Trinajstić information content (AvgIpc) is 3.86. The van der Waals surface area contributed by atoms with Crippen LogP contribution < -0.4 is 4.74 Å². The van der Waals surface area contributed by atoms with Gasteiger partial charge in [-0.25, -0.2) is 0 Å². The van der Waals surface area contributed by atoms with Crippen molar-refractivity contribution in [3.05, 3.63) is 217 Å². The van der Waals surface area contributed by atoms with E-state index in [1.54, 1.807) is 0 Å². The van der Waals surface area contributed by atoms with Crippen LogP contribution in [0.15, 0.2) is 211 Å². The van der Waals surface area contributed by atoms with Crippen molar-refractivity contribution in [2.75, 3.05) is 0 Å². The maximum absolute atomic E-state index is 6.68. The van der Waals surface area contributed by atoms with Crippen molar-refractivity contribution >= 4 is 70.6 Å². The van der Waals surface area contributed by atoms with Gasteiger partial charge in [0.1, 0.15) is 23.0 Å². The van der Waals surface area contributed by atoms with Gasteiger partial charge in [-0.1, -0.05) is 152 Å². The van der Waals surface area contributed by atoms with Crippen LogP contribution >= 0.6 is 0 Å². The van der Waals surface area contributed by atoms with E-state index >= 15 is 0 Å². The molecule has 60 heavy (non-hydrogen) atoms. The lowest BCUT2D eigenvalue weighted by Crippen LogP contribution is -2.16. The molecule has 0 saturated heterocycles. The molecule has 10 aromatic carbocycles. The summed E-state index contributed by atoms with van der Waals surface area (Å²) in [5.74, 6) is 1.02. The lowest BCUT2D eigenvalue weighted by molar-refractivity contribution is 0.269. The third-order valence-corrected chi connectivity index (χ3v) is 13.0. The van der Waals surface area contributed by atoms with Gasteiger partial charge in [-0.05, 0) is 142 Å². The Bertz CT molecular complexity index is 3660. The molecule has 1 aromatic heterocycles. The number of furan rings is 1. The first kappa shape index (κ1) is 33.3. The maximum atomic E-state index is 6.68. The zero-order valence-electron chi connectivity index (χ0n) is 32.6. The average molecular weight is 765 g/mol. The summed E-state index contributed by atoms with van der Waals surface area (Å²) < 4.78 is 13.3. The highest BCUT2D eigenvalue weighted by atomic mass is 16.5. The van der Waals surface area contributed by atoms with Gasteiger partial charge in [0.2, 0.25) is 0 Å². The largest absolute Gasteiger partial charge is 0.485 e. The molecule has 2 heteroatoms. The van der Waals surface area contributed by atoms with Crippen LogP contribution in [-0.4, -0.2) is 6.10 Å². The molecule has 1 aliphatic carbocycles. The minimum atomic E-state index is -0.0568. The van der Waals surface area contributed by atoms with Crippen LogP contribution in [0.3, 0.4) is 0 Å². The molecular weight excluding hydrogens is 729 g/mol. The lowest BCUT2D eigenvalue weighted by Gasteiger charge is -2.19. The van der Waals surface area contributed by atoms with E-state index in [4.69, 9.17) is 9.15 Å². The van der Waals surface area contributed by atoms with Gasteiger partial charge in [0.15, 0.2) is 0 Å². The van der Waals surface area contributed by atoms with Gasteiger partial charge >= 0.3 is 0 Å². The molecule has 2 heterocycles. The smallest absolute Gasteiger partial charge is 0.135 e. The van der Waals surface area contributed by atoms with Gasteiger partial charge in [0.05, 0.1) is 0 Å². The van der Waals surface area contributed by atoms with Crippen LogP contribution in [0.2, 0.25) is 0 Å². The van der Waals surface area contributed by atoms with Gasteiger partial charge < -0.3 is 9.15 Å². The van der Waals surface area contributed by atoms with Gasteiger partial charge in [0, 0.05) is 22.3 Å². The number of hydrogen-bond donors (Lipinski definition) is 0. The third-order valence-electron chi connectivity index (χ3n) is 13.0. The quantitative estimate of drug-likeness (QED) is 0.167. The lowest BCUT2D eigenvalue weighted by atomic mass is 9.85. The predicted molar refractivity (Wildman–Crippen MR) is 251 cm³/mol. The Morgan fingerprint density at radius 3 is 1.60 bits per heavy atom. The topological polar surface area (TPSA) is 22.4 Å². The standard InChI is InChI=1S/C58H36O2/c1-3-17-43-41(11-1)31-49(47-21-7-5-19-45(43)47)39-15-9-13-35(27-39)37-23-25-55-51(29-37)53-33-58-54(34-57(53)59-55)52-30-38(24-26-56(52)60-58)36-14-10-16-40(28-36)50-32-42-12-2-4-18-44(42)46-20-6-8-22-48(46)50/h1-34,51,55H. The van der Waals surface area contributed by atoms with E-state index in [9.17, 15) is 0 Å². The number of benzene rings is 10. The molecule has 2 aliphatic rings. The Labute approximate surface area is 346 Å². The first-order valence-electron chi connectivity index (χ1n) is 20.8. The predicted octanol–water partition coefficient (Wildman–Crippen LogP) is 15.7. The molecule has 280 valence electrons. The molecule has 0 N–H and O–H groups in total. The summed E-state index contributed by atoms with van der Waals surface area (Å²) in [6.07, 6.45) is 6.78. The number of ether oxygens (including phenoxy) is 1. The summed E-state index contributed by atoms with van der Waals surface area (Å²) in [6.45, 7) is 0. The molecule has 2 unspecified atom stereocenters. The first-order valence-corrected chi connectivity index (χ1v) is 20.8. The third kappa shape index (κ3) is 5.14. The van der Waals surface area contributed by atoms with Crippen LogP contribution in [-0.2, 0) is 0 Å². The molecule has 0 amide bonds. The van der Waals surface area contributed by atoms with E-state index in [2.05, 4.69) is 206 Å². The molecular formula is C58H36O2. The van der Waals surface area contributed by atoms with E-state index < -0.39 is 0 Å². The molecule has 0 bridgehead atoms. The van der Waals surface area contributed by atoms with Crippen molar-refractivity contribution in [1.29, 1.82) is 0 Å². The maximum Gasteiger partial charge on any atom is 0.135 e. The SMILES string of the molecule is C1=CC2Oc3cc4c(cc3C2C=C1c1cccc(-c2cc3ccccc3c3ccccc23)c1)oc1ccc(-c2cccc(-c3cc5ccccc5c5ccccc35)c2)cc14. The fourth-order valence-corrected chi connectivity index (χ4v) is 10.1. The van der Waals surface area contributed by atoms with Gasteiger partial charge in [-0.2, -0.15) is 0 Å². The number of allylic oxidation sites excluding steroid dienone is 2. The van der Waals surface area contributed by atoms with Crippen molar-refractivity contribution in [2.24, 2.45) is 0 Å². The second-order valence-corrected chi connectivity index (χ2v) is 16.3. The van der Waals surface area contributed by atoms with Gasteiger partial charge in [-0.15, -0.1) is 0 Å². The van der Waals surface area contributed by atoms with E-state index in [0.717, 1.165) is 33.3 Å². The summed E-state index contributed by atoms with van der Waals surface area (Å²) in [5.41, 5.74) is 12.6. The molecule has 2 atom stereocenters. The molecule has 2 nitrogen and oxygen atoms in total. The minimum absolute atomic E-state index is 0.0568. The zero-order valence-corrected chi connectivity index (χ0v) is 32.6. The van der Waals surface area contributed by atoms with E-state index in [-0.39, 0.29) is 12.0 Å². The van der Waals surface area contributed by atoms with Crippen LogP contribution in [0.1, 0.15) is 17.0 Å². The molecule has 11 aromatic rings. The Morgan fingerprint density at radius 1 is 0.367 bits per heavy atom. The van der Waals surface area contributed by atoms with Crippen LogP contribution in [0.4, 0.5) is 0 Å². The summed E-state index contributed by atoms with van der Waals surface area (Å²) in [4.78, 5) is 0. The normalized spacial score (nSPS) is 15.8. The first-order chi connectivity index (χ1) is 29.7. The Hall–Kier alpha value is -7.68. The second-order valence-electron chi connectivity index (χ2n) is 16.3. The van der Waals surface area contributed by atoms with Crippen molar-refractivity contribution < 1.29 is 9.15 Å². The number of fused-ring (bicyclic) bond motifs is 12. The van der Waals surface area contributed by atoms with Crippen LogP contribution in [0.25, 0.3) is 104 Å². The summed E-state index contributed by atoms with van der Waals surface area (Å²) in [6, 6.07) is 68.4. The summed E-state index contributed by atoms with van der Waals surface area (Å²) >= 11 is 0. The molecule has 0 spiro atoms. The van der Waals surface area contributed by atoms with E-state index in [0.29, 0.717) is 0 Å². The fourth-order valence-electron chi connectivity index (χ4n) is 10.1. The minimum Gasteiger partial charge on any atom is -0.485 e. The molecule has 0 saturated carbocycles. The van der Waals surface area contributed by atoms with Crippen molar-refractivity contribution in [2.45, 2.75) is 12.0 Å². The van der Waals surface area contributed by atoms with Gasteiger partial charge in [-0.3, -0.25) is 0 Å². The van der Waals surface area contributed by atoms with E-state index in [1.807, 2.05) is 0 Å². The monoisotopic (exact) mass is 764 g/mol. The highest BCUT2D eigenvalue weighted by Gasteiger charge is 2.34. The molecule has 0 radical (unpaired) electrons. The highest BCUT2D eigenvalue weighted by Crippen LogP contribution is 2.48. The van der Waals surface area contributed by atoms with Crippen molar-refractivity contribution in [1.82, 2.24) is 0 Å². The number of rotatable bonds is 4. The fraction of sp³-hybridized carbons (Fsp3) is 0.0345. The number of hydrogen-bond acceptors (Lipinski definition) is 2. The van der Waals surface area contributed by atoms with Gasteiger partial charge in [0.25, 0.3) is 0 Å². The van der Waals surface area contributed by atoms with Crippen molar-refractivity contribution in [3.8, 4) is 39.1 Å². The zero-order chi connectivity index (χ0) is 39.3. The second kappa shape index (κ2) is 12.9.